The molecule has 15 heteroatoms. The average molecular weight is 674 g/mol. The highest BCUT2D eigenvalue weighted by molar-refractivity contribution is 7.23. The van der Waals surface area contributed by atoms with Gasteiger partial charge in [-0.05, 0) is 31.0 Å². The zero-order chi connectivity index (χ0) is 31.9. The number of thiophene rings is 1. The molecule has 2 aromatic heterocycles. The lowest BCUT2D eigenvalue weighted by Crippen LogP contribution is -2.44. The largest absolute Gasteiger partial charge is 0.489 e. The highest BCUT2D eigenvalue weighted by Crippen LogP contribution is 2.51. The number of halogens is 5. The number of nitrogens with one attached hydrogen (secondary N) is 1. The summed E-state index contributed by atoms with van der Waals surface area (Å²) < 4.78 is 74.0. The smallest absolute Gasteiger partial charge is 0.319 e. The van der Waals surface area contributed by atoms with Gasteiger partial charge in [-0.2, -0.15) is 15.2 Å². The number of alkyl halides is 2. The number of benzene rings is 2. The maximum atomic E-state index is 17.1. The predicted molar refractivity (Wildman–Crippen MR) is 167 cm³/mol. The fourth-order valence-electron chi connectivity index (χ4n) is 7.65. The third-order valence-corrected chi connectivity index (χ3v) is 11.1. The summed E-state index contributed by atoms with van der Waals surface area (Å²) in [6.07, 6.45) is -0.246. The van der Waals surface area contributed by atoms with Crippen LogP contribution in [-0.2, 0) is 0 Å². The Balaban J connectivity index is 1.35. The van der Waals surface area contributed by atoms with Crippen LogP contribution in [0.4, 0.5) is 28.4 Å². The molecule has 4 aromatic rings. The number of nitrogens with zero attached hydrogens (tertiary/aromatic N) is 5. The van der Waals surface area contributed by atoms with E-state index in [0.29, 0.717) is 19.5 Å². The minimum absolute atomic E-state index is 0.00116. The molecule has 0 aliphatic carbocycles. The Bertz CT molecular complexity index is 1960. The van der Waals surface area contributed by atoms with Crippen molar-refractivity contribution in [3.05, 3.63) is 34.4 Å². The highest BCUT2D eigenvalue weighted by atomic mass is 35.5. The van der Waals surface area contributed by atoms with Gasteiger partial charge in [0.15, 0.2) is 11.6 Å². The number of nitrogens with two attached hydrogens (primary N) is 1. The lowest BCUT2D eigenvalue weighted by molar-refractivity contribution is 0.107. The Kier molecular flexibility index (Phi) is 7.09. The van der Waals surface area contributed by atoms with E-state index in [1.54, 1.807) is 4.90 Å². The molecule has 8 rings (SSSR count). The van der Waals surface area contributed by atoms with E-state index in [1.807, 2.05) is 6.07 Å². The van der Waals surface area contributed by atoms with E-state index >= 15 is 8.78 Å². The molecule has 46 heavy (non-hydrogen) atoms. The Labute approximate surface area is 269 Å². The molecule has 6 heterocycles. The molecule has 4 aliphatic rings. The van der Waals surface area contributed by atoms with Crippen molar-refractivity contribution in [2.45, 2.75) is 43.2 Å². The number of hydrogen-bond donors (Lipinski definition) is 2. The van der Waals surface area contributed by atoms with E-state index < -0.39 is 35.6 Å². The molecule has 0 unspecified atom stereocenters. The van der Waals surface area contributed by atoms with Gasteiger partial charge in [0.05, 0.1) is 38.8 Å². The Morgan fingerprint density at radius 1 is 1.22 bits per heavy atom. The molecule has 0 amide bonds. The third kappa shape index (κ3) is 4.39. The molecule has 9 nitrogen and oxygen atoms in total. The normalized spacial score (nSPS) is 26.0. The fraction of sp³-hybridized carbons (Fsp3) is 0.452. The van der Waals surface area contributed by atoms with E-state index in [0.717, 1.165) is 36.8 Å². The van der Waals surface area contributed by atoms with Crippen molar-refractivity contribution in [2.75, 3.05) is 56.6 Å². The summed E-state index contributed by atoms with van der Waals surface area (Å²) in [7, 11) is 0. The van der Waals surface area contributed by atoms with Gasteiger partial charge in [-0.1, -0.05) is 17.7 Å². The highest BCUT2D eigenvalue weighted by Gasteiger charge is 2.49. The van der Waals surface area contributed by atoms with Crippen LogP contribution < -0.4 is 25.4 Å². The number of ether oxygens (including phenoxy) is 2. The number of fused-ring (bicyclic) bond motifs is 2. The maximum absolute atomic E-state index is 17.1. The minimum Gasteiger partial charge on any atom is -0.489 e. The van der Waals surface area contributed by atoms with Crippen LogP contribution in [0.25, 0.3) is 32.1 Å². The summed E-state index contributed by atoms with van der Waals surface area (Å²) in [5, 5.41) is 13.1. The molecule has 240 valence electrons. The summed E-state index contributed by atoms with van der Waals surface area (Å²) in [4.78, 5) is 13.0. The fourth-order valence-corrected chi connectivity index (χ4v) is 8.93. The molecule has 0 spiro atoms. The standard InChI is InChI=1S/C31H28ClF4N7O2S/c32-23-21(15-2-3-17(34)27-20(15)16(9-37)28(38)46-27)24(36)25-22-26(23)44-7-6-43(19-11-39-10-18(19)35)29(22)41-30(40-25)45-13-31-4-1-5-42(31)12-14(33)8-31/h2-3,14,18-19,39H,1,4-8,10-13,38H2/t14-,18-,19+,31+/m1/s1. The SMILES string of the molecule is N#Cc1c(N)sc2c(F)ccc(-c3c(Cl)c4c5c(nc(OC[C@@]67CCCN6C[C@H](F)C7)nc5c3F)N([C@H]3CNC[C@H]3F)CCO4)c12. The number of hydrogen-bond acceptors (Lipinski definition) is 10. The molecule has 3 saturated heterocycles. The van der Waals surface area contributed by atoms with Gasteiger partial charge < -0.3 is 25.4 Å². The topological polar surface area (TPSA) is 113 Å². The molecule has 4 atom stereocenters. The minimum atomic E-state index is -1.23. The molecular formula is C31H28ClF4N7O2S. The molecular weight excluding hydrogens is 646 g/mol. The first-order valence-corrected chi connectivity index (χ1v) is 16.3. The van der Waals surface area contributed by atoms with E-state index in [2.05, 4.69) is 15.2 Å². The Morgan fingerprint density at radius 2 is 2.07 bits per heavy atom. The summed E-state index contributed by atoms with van der Waals surface area (Å²) in [5.41, 5.74) is 5.33. The predicted octanol–water partition coefficient (Wildman–Crippen LogP) is 5.36. The quantitative estimate of drug-likeness (QED) is 0.271. The first-order chi connectivity index (χ1) is 22.2. The second-order valence-corrected chi connectivity index (χ2v) is 13.7. The first kappa shape index (κ1) is 29.7. The Hall–Kier alpha value is -3.64. The molecule has 0 saturated carbocycles. The zero-order valence-electron chi connectivity index (χ0n) is 24.4. The summed E-state index contributed by atoms with van der Waals surface area (Å²) in [6.45, 7) is 1.94. The molecule has 3 N–H and O–H groups in total. The summed E-state index contributed by atoms with van der Waals surface area (Å²) in [5.74, 6) is -1.22. The van der Waals surface area contributed by atoms with Crippen LogP contribution in [0.1, 0.15) is 24.8 Å². The van der Waals surface area contributed by atoms with Gasteiger partial charge in [-0.15, -0.1) is 11.3 Å². The van der Waals surface area contributed by atoms with Crippen LogP contribution in [0.5, 0.6) is 11.8 Å². The van der Waals surface area contributed by atoms with E-state index in [-0.39, 0.29) is 91.6 Å². The molecule has 0 radical (unpaired) electrons. The van der Waals surface area contributed by atoms with Crippen molar-refractivity contribution < 1.29 is 27.0 Å². The maximum Gasteiger partial charge on any atom is 0.319 e. The molecule has 4 aliphatic heterocycles. The second-order valence-electron chi connectivity index (χ2n) is 12.3. The summed E-state index contributed by atoms with van der Waals surface area (Å²) >= 11 is 7.83. The van der Waals surface area contributed by atoms with Crippen LogP contribution in [0.15, 0.2) is 12.1 Å². The van der Waals surface area contributed by atoms with Crippen molar-refractivity contribution in [1.29, 1.82) is 5.26 Å². The van der Waals surface area contributed by atoms with Crippen LogP contribution in [-0.4, -0.2) is 84.7 Å². The van der Waals surface area contributed by atoms with Gasteiger partial charge in [0.25, 0.3) is 0 Å². The number of aromatic nitrogens is 2. The van der Waals surface area contributed by atoms with E-state index in [1.165, 1.54) is 6.07 Å². The number of nitrogen functional groups attached to an aromatic ring is 1. The van der Waals surface area contributed by atoms with Crippen molar-refractivity contribution in [2.24, 2.45) is 0 Å². The van der Waals surface area contributed by atoms with Crippen LogP contribution >= 0.6 is 22.9 Å². The van der Waals surface area contributed by atoms with Gasteiger partial charge in [-0.25, -0.2) is 17.6 Å². The molecule has 2 aromatic carbocycles. The number of anilines is 2. The van der Waals surface area contributed by atoms with Gasteiger partial charge in [0.1, 0.15) is 53.8 Å². The molecule has 3 fully saturated rings. The second kappa shape index (κ2) is 11.0. The van der Waals surface area contributed by atoms with Gasteiger partial charge in [0.2, 0.25) is 0 Å². The monoisotopic (exact) mass is 673 g/mol. The van der Waals surface area contributed by atoms with E-state index in [9.17, 15) is 14.0 Å². The van der Waals surface area contributed by atoms with Crippen molar-refractivity contribution in [3.8, 4) is 29.0 Å². The lowest BCUT2D eigenvalue weighted by atomic mass is 9.95. The first-order valence-electron chi connectivity index (χ1n) is 15.1. The number of nitriles is 1. The van der Waals surface area contributed by atoms with Crippen molar-refractivity contribution in [1.82, 2.24) is 20.2 Å². The van der Waals surface area contributed by atoms with Crippen molar-refractivity contribution in [3.63, 3.8) is 0 Å². The van der Waals surface area contributed by atoms with Crippen LogP contribution in [0, 0.1) is 23.0 Å². The van der Waals surface area contributed by atoms with Gasteiger partial charge in [0, 0.05) is 37.0 Å². The Morgan fingerprint density at radius 3 is 2.85 bits per heavy atom. The van der Waals surface area contributed by atoms with Crippen LogP contribution in [0.2, 0.25) is 5.02 Å². The third-order valence-electron chi connectivity index (χ3n) is 9.73. The average Bonchev–Trinajstić information content (AvgIpc) is 3.76. The van der Waals surface area contributed by atoms with Crippen LogP contribution in [0.3, 0.4) is 0 Å². The zero-order valence-corrected chi connectivity index (χ0v) is 26.0. The summed E-state index contributed by atoms with van der Waals surface area (Å²) in [6, 6.07) is 3.73. The lowest BCUT2D eigenvalue weighted by Gasteiger charge is -2.32. The van der Waals surface area contributed by atoms with E-state index in [4.69, 9.17) is 31.8 Å². The van der Waals surface area contributed by atoms with Gasteiger partial charge >= 0.3 is 6.01 Å². The van der Waals surface area contributed by atoms with Crippen molar-refractivity contribution >= 4 is 54.7 Å². The number of rotatable bonds is 5. The molecule has 0 bridgehead atoms. The van der Waals surface area contributed by atoms with Gasteiger partial charge in [-0.3, -0.25) is 4.90 Å².